The van der Waals surface area contributed by atoms with E-state index in [1.165, 1.54) is 7.11 Å². The number of hydrogen-bond donors (Lipinski definition) is 0. The summed E-state index contributed by atoms with van der Waals surface area (Å²) in [6.45, 7) is 4.63. The largest absolute Gasteiger partial charge is 0.469 e. The first-order valence-corrected chi connectivity index (χ1v) is 5.62. The Morgan fingerprint density at radius 2 is 2.12 bits per heavy atom. The molecule has 0 fully saturated rings. The van der Waals surface area contributed by atoms with Gasteiger partial charge in [0.1, 0.15) is 5.82 Å². The van der Waals surface area contributed by atoms with Crippen molar-refractivity contribution in [3.8, 4) is 0 Å². The van der Waals surface area contributed by atoms with Gasteiger partial charge in [0.15, 0.2) is 0 Å². The third-order valence-electron chi connectivity index (χ3n) is 2.67. The third-order valence-corrected chi connectivity index (χ3v) is 2.67. The van der Waals surface area contributed by atoms with Gasteiger partial charge in [-0.3, -0.25) is 9.78 Å². The molecule has 0 radical (unpaired) electrons. The van der Waals surface area contributed by atoms with Crippen molar-refractivity contribution in [2.24, 2.45) is 0 Å². The normalized spacial score (nSPS) is 10.1. The summed E-state index contributed by atoms with van der Waals surface area (Å²) in [6.07, 6.45) is 2.93. The Kier molecular flexibility index (Phi) is 4.87. The highest BCUT2D eigenvalue weighted by Crippen LogP contribution is 2.10. The van der Waals surface area contributed by atoms with Gasteiger partial charge < -0.3 is 9.64 Å². The lowest BCUT2D eigenvalue weighted by atomic mass is 10.3. The Morgan fingerprint density at radius 1 is 1.41 bits per heavy atom. The summed E-state index contributed by atoms with van der Waals surface area (Å²) < 4.78 is 4.59. The number of hydrogen-bond acceptors (Lipinski definition) is 5. The van der Waals surface area contributed by atoms with Gasteiger partial charge in [-0.25, -0.2) is 4.98 Å². The van der Waals surface area contributed by atoms with E-state index in [4.69, 9.17) is 0 Å². The topological polar surface area (TPSA) is 55.3 Å². The quantitative estimate of drug-likeness (QED) is 0.726. The van der Waals surface area contributed by atoms with Crippen molar-refractivity contribution in [3.63, 3.8) is 0 Å². The maximum Gasteiger partial charge on any atom is 0.305 e. The van der Waals surface area contributed by atoms with Gasteiger partial charge in [0.25, 0.3) is 0 Å². The van der Waals surface area contributed by atoms with Crippen LogP contribution in [0.4, 0.5) is 5.82 Å². The number of ether oxygens (including phenoxy) is 1. The molecule has 0 aliphatic rings. The van der Waals surface area contributed by atoms with Crippen LogP contribution in [0.1, 0.15) is 24.2 Å². The second-order valence-corrected chi connectivity index (χ2v) is 4.00. The van der Waals surface area contributed by atoms with Crippen LogP contribution in [-0.4, -0.2) is 36.6 Å². The van der Waals surface area contributed by atoms with Gasteiger partial charge in [0, 0.05) is 20.0 Å². The molecule has 0 atom stereocenters. The summed E-state index contributed by atoms with van der Waals surface area (Å²) in [4.78, 5) is 21.6. The maximum atomic E-state index is 11.0. The molecule has 1 aromatic heterocycles. The molecule has 0 unspecified atom stereocenters. The van der Waals surface area contributed by atoms with Gasteiger partial charge in [0.05, 0.1) is 24.7 Å². The lowest BCUT2D eigenvalue weighted by molar-refractivity contribution is -0.140. The van der Waals surface area contributed by atoms with E-state index in [1.54, 1.807) is 6.20 Å². The molecule has 0 N–H and O–H groups in total. The number of carbonyl (C=O) groups is 1. The Labute approximate surface area is 102 Å². The SMILES string of the molecule is COC(=O)CCCN(C)c1cnc(C)c(C)n1. The molecule has 0 bridgehead atoms. The molecular weight excluding hydrogens is 218 g/mol. The average Bonchev–Trinajstić information content (AvgIpc) is 2.32. The first-order chi connectivity index (χ1) is 8.04. The zero-order chi connectivity index (χ0) is 12.8. The van der Waals surface area contributed by atoms with Crippen LogP contribution in [0.25, 0.3) is 0 Å². The Bertz CT molecular complexity index is 393. The predicted octanol–water partition coefficient (Wildman–Crippen LogP) is 1.48. The predicted molar refractivity (Wildman–Crippen MR) is 66.0 cm³/mol. The number of methoxy groups -OCH3 is 1. The fourth-order valence-corrected chi connectivity index (χ4v) is 1.39. The number of anilines is 1. The molecule has 1 heterocycles. The molecule has 0 spiro atoms. The highest BCUT2D eigenvalue weighted by atomic mass is 16.5. The van der Waals surface area contributed by atoms with Crippen LogP contribution >= 0.6 is 0 Å². The van der Waals surface area contributed by atoms with Crippen LogP contribution in [0.2, 0.25) is 0 Å². The second kappa shape index (κ2) is 6.18. The van der Waals surface area contributed by atoms with E-state index in [0.29, 0.717) is 6.42 Å². The zero-order valence-corrected chi connectivity index (χ0v) is 10.9. The summed E-state index contributed by atoms with van der Waals surface area (Å²) in [5.74, 6) is 0.655. The standard InChI is InChI=1S/C12H19N3O2/c1-9-10(2)14-11(8-13-9)15(3)7-5-6-12(16)17-4/h8H,5-7H2,1-4H3. The smallest absolute Gasteiger partial charge is 0.305 e. The molecule has 0 aliphatic carbocycles. The lowest BCUT2D eigenvalue weighted by Gasteiger charge is -2.18. The van der Waals surface area contributed by atoms with Gasteiger partial charge in [-0.15, -0.1) is 0 Å². The number of rotatable bonds is 5. The fourth-order valence-electron chi connectivity index (χ4n) is 1.39. The first kappa shape index (κ1) is 13.4. The van der Waals surface area contributed by atoms with Crippen molar-refractivity contribution in [3.05, 3.63) is 17.6 Å². The monoisotopic (exact) mass is 237 g/mol. The van der Waals surface area contributed by atoms with Crippen molar-refractivity contribution >= 4 is 11.8 Å². The molecule has 94 valence electrons. The van der Waals surface area contributed by atoms with Gasteiger partial charge in [-0.05, 0) is 20.3 Å². The third kappa shape index (κ3) is 4.01. The molecule has 1 rings (SSSR count). The second-order valence-electron chi connectivity index (χ2n) is 4.00. The van der Waals surface area contributed by atoms with Crippen LogP contribution in [0.15, 0.2) is 6.20 Å². The molecule has 5 heteroatoms. The van der Waals surface area contributed by atoms with Crippen molar-refractivity contribution < 1.29 is 9.53 Å². The number of carbonyl (C=O) groups excluding carboxylic acids is 1. The van der Waals surface area contributed by atoms with Crippen LogP contribution in [0, 0.1) is 13.8 Å². The number of aryl methyl sites for hydroxylation is 2. The summed E-state index contributed by atoms with van der Waals surface area (Å²) >= 11 is 0. The number of esters is 1. The van der Waals surface area contributed by atoms with Gasteiger partial charge in [0.2, 0.25) is 0 Å². The van der Waals surface area contributed by atoms with Crippen LogP contribution < -0.4 is 4.90 Å². The molecule has 5 nitrogen and oxygen atoms in total. The fraction of sp³-hybridized carbons (Fsp3) is 0.583. The Hall–Kier alpha value is -1.65. The minimum atomic E-state index is -0.176. The van der Waals surface area contributed by atoms with E-state index in [-0.39, 0.29) is 5.97 Å². The van der Waals surface area contributed by atoms with Crippen LogP contribution in [-0.2, 0) is 9.53 Å². The number of aromatic nitrogens is 2. The van der Waals surface area contributed by atoms with Gasteiger partial charge in [-0.2, -0.15) is 0 Å². The van der Waals surface area contributed by atoms with Gasteiger partial charge in [-0.1, -0.05) is 0 Å². The van der Waals surface area contributed by atoms with E-state index >= 15 is 0 Å². The summed E-state index contributed by atoms with van der Waals surface area (Å²) in [6, 6.07) is 0. The Morgan fingerprint density at radius 3 is 2.71 bits per heavy atom. The molecular formula is C12H19N3O2. The van der Waals surface area contributed by atoms with Crippen molar-refractivity contribution in [1.82, 2.24) is 9.97 Å². The highest BCUT2D eigenvalue weighted by molar-refractivity contribution is 5.69. The summed E-state index contributed by atoms with van der Waals surface area (Å²) in [7, 11) is 3.34. The average molecular weight is 237 g/mol. The molecule has 0 amide bonds. The molecule has 17 heavy (non-hydrogen) atoms. The van der Waals surface area contributed by atoms with Crippen molar-refractivity contribution in [2.45, 2.75) is 26.7 Å². The molecule has 0 saturated heterocycles. The lowest BCUT2D eigenvalue weighted by Crippen LogP contribution is -2.21. The minimum absolute atomic E-state index is 0.176. The van der Waals surface area contributed by atoms with Crippen molar-refractivity contribution in [1.29, 1.82) is 0 Å². The first-order valence-electron chi connectivity index (χ1n) is 5.62. The zero-order valence-electron chi connectivity index (χ0n) is 10.9. The molecule has 0 aliphatic heterocycles. The van der Waals surface area contributed by atoms with Crippen LogP contribution in [0.5, 0.6) is 0 Å². The number of nitrogens with zero attached hydrogens (tertiary/aromatic N) is 3. The summed E-state index contributed by atoms with van der Waals surface area (Å²) in [5.41, 5.74) is 1.87. The molecule has 1 aromatic rings. The van der Waals surface area contributed by atoms with Crippen LogP contribution in [0.3, 0.4) is 0 Å². The van der Waals surface area contributed by atoms with E-state index < -0.39 is 0 Å². The van der Waals surface area contributed by atoms with E-state index in [1.807, 2.05) is 25.8 Å². The van der Waals surface area contributed by atoms with E-state index in [2.05, 4.69) is 14.7 Å². The van der Waals surface area contributed by atoms with Gasteiger partial charge >= 0.3 is 5.97 Å². The molecule has 0 saturated carbocycles. The van der Waals surface area contributed by atoms with E-state index in [9.17, 15) is 4.79 Å². The summed E-state index contributed by atoms with van der Waals surface area (Å²) in [5, 5.41) is 0. The van der Waals surface area contributed by atoms with E-state index in [0.717, 1.165) is 30.2 Å². The minimum Gasteiger partial charge on any atom is -0.469 e. The molecule has 0 aromatic carbocycles. The van der Waals surface area contributed by atoms with Crippen molar-refractivity contribution in [2.75, 3.05) is 25.6 Å². The maximum absolute atomic E-state index is 11.0. The Balaban J connectivity index is 2.49. The highest BCUT2D eigenvalue weighted by Gasteiger charge is 2.06.